The zero-order chi connectivity index (χ0) is 15.8. The first-order chi connectivity index (χ1) is 11.2. The summed E-state index contributed by atoms with van der Waals surface area (Å²) in [6, 6.07) is 4.74. The fourth-order valence-corrected chi connectivity index (χ4v) is 3.53. The van der Waals surface area contributed by atoms with E-state index in [0.29, 0.717) is 33.6 Å². The molecule has 7 nitrogen and oxygen atoms in total. The zero-order valence-corrected chi connectivity index (χ0v) is 12.9. The first kappa shape index (κ1) is 14.0. The molecule has 1 aromatic carbocycles. The molecule has 1 aliphatic carbocycles. The van der Waals surface area contributed by atoms with Crippen LogP contribution in [0.3, 0.4) is 0 Å². The Kier molecular flexibility index (Phi) is 3.38. The van der Waals surface area contributed by atoms with E-state index in [1.165, 1.54) is 11.3 Å². The van der Waals surface area contributed by atoms with Gasteiger partial charge >= 0.3 is 6.03 Å². The van der Waals surface area contributed by atoms with E-state index in [-0.39, 0.29) is 12.6 Å². The van der Waals surface area contributed by atoms with Crippen LogP contribution in [0.1, 0.15) is 28.2 Å². The predicted octanol–water partition coefficient (Wildman–Crippen LogP) is 3.03. The number of carbonyl (C=O) groups excluding carboxylic acids is 2. The first-order valence-electron chi connectivity index (χ1n) is 7.19. The highest BCUT2D eigenvalue weighted by atomic mass is 32.1. The van der Waals surface area contributed by atoms with Gasteiger partial charge in [0.25, 0.3) is 0 Å². The molecule has 2 aromatic rings. The second kappa shape index (κ2) is 5.54. The third kappa shape index (κ3) is 2.72. The van der Waals surface area contributed by atoms with Gasteiger partial charge in [-0.3, -0.25) is 10.1 Å². The van der Waals surface area contributed by atoms with Gasteiger partial charge in [-0.2, -0.15) is 0 Å². The minimum absolute atomic E-state index is 0.105. The van der Waals surface area contributed by atoms with Crippen LogP contribution in [0.15, 0.2) is 18.2 Å². The summed E-state index contributed by atoms with van der Waals surface area (Å²) in [6.07, 6.45) is 2.15. The molecule has 1 aliphatic heterocycles. The van der Waals surface area contributed by atoms with Gasteiger partial charge in [0.05, 0.1) is 10.6 Å². The largest absolute Gasteiger partial charge is 0.454 e. The maximum absolute atomic E-state index is 12.1. The fourth-order valence-electron chi connectivity index (χ4n) is 2.56. The SMILES string of the molecule is O=C(Nc1ccc2c(c1)OCO2)Nc1nc2c(s1)C(=O)CCC2. The number of Topliss-reactive ketones (excluding diaryl/α,β-unsaturated/α-hetero) is 1. The van der Waals surface area contributed by atoms with Crippen molar-refractivity contribution in [1.82, 2.24) is 4.98 Å². The Morgan fingerprint density at radius 2 is 2.04 bits per heavy atom. The second-order valence-corrected chi connectivity index (χ2v) is 6.22. The summed E-state index contributed by atoms with van der Waals surface area (Å²) in [7, 11) is 0. The highest BCUT2D eigenvalue weighted by Crippen LogP contribution is 2.34. The van der Waals surface area contributed by atoms with Crippen LogP contribution in [-0.4, -0.2) is 23.6 Å². The molecular formula is C15H13N3O4S. The molecule has 4 rings (SSSR count). The number of aromatic nitrogens is 1. The summed E-state index contributed by atoms with van der Waals surface area (Å²) in [4.78, 5) is 28.8. The number of nitrogens with zero attached hydrogens (tertiary/aromatic N) is 1. The van der Waals surface area contributed by atoms with Crippen molar-refractivity contribution in [2.45, 2.75) is 19.3 Å². The number of aryl methyl sites for hydroxylation is 1. The lowest BCUT2D eigenvalue weighted by molar-refractivity contribution is 0.0976. The van der Waals surface area contributed by atoms with Crippen LogP contribution in [0.2, 0.25) is 0 Å². The molecular weight excluding hydrogens is 318 g/mol. The number of urea groups is 1. The Hall–Kier alpha value is -2.61. The Morgan fingerprint density at radius 3 is 2.91 bits per heavy atom. The number of hydrogen-bond donors (Lipinski definition) is 2. The van der Waals surface area contributed by atoms with Crippen LogP contribution < -0.4 is 20.1 Å². The van der Waals surface area contributed by atoms with Crippen LogP contribution in [0.4, 0.5) is 15.6 Å². The van der Waals surface area contributed by atoms with Gasteiger partial charge in [0.2, 0.25) is 6.79 Å². The summed E-state index contributed by atoms with van der Waals surface area (Å²) < 4.78 is 10.5. The zero-order valence-electron chi connectivity index (χ0n) is 12.0. The standard InChI is InChI=1S/C15H13N3O4S/c19-10-3-1-2-9-13(10)23-15(17-9)18-14(20)16-8-4-5-11-12(6-8)22-7-21-11/h4-6H,1-3,7H2,(H2,16,17,18,20). The average molecular weight is 331 g/mol. The van der Waals surface area contributed by atoms with E-state index < -0.39 is 6.03 Å². The van der Waals surface area contributed by atoms with Gasteiger partial charge in [-0.15, -0.1) is 0 Å². The lowest BCUT2D eigenvalue weighted by Gasteiger charge is -2.06. The number of nitrogens with one attached hydrogen (secondary N) is 2. The van der Waals surface area contributed by atoms with Crippen LogP contribution >= 0.6 is 11.3 Å². The summed E-state index contributed by atoms with van der Waals surface area (Å²) in [5, 5.41) is 5.81. The molecule has 23 heavy (non-hydrogen) atoms. The summed E-state index contributed by atoms with van der Waals surface area (Å²) in [5.41, 5.74) is 1.37. The Labute approximate surface area is 135 Å². The van der Waals surface area contributed by atoms with E-state index in [0.717, 1.165) is 18.5 Å². The number of anilines is 2. The number of rotatable bonds is 2. The molecule has 0 spiro atoms. The molecule has 2 heterocycles. The van der Waals surface area contributed by atoms with Crippen LogP contribution in [0.25, 0.3) is 0 Å². The second-order valence-electron chi connectivity index (χ2n) is 5.22. The third-order valence-electron chi connectivity index (χ3n) is 3.62. The van der Waals surface area contributed by atoms with Crippen LogP contribution in [0.5, 0.6) is 11.5 Å². The highest BCUT2D eigenvalue weighted by molar-refractivity contribution is 7.17. The number of hydrogen-bond acceptors (Lipinski definition) is 6. The molecule has 2 N–H and O–H groups in total. The summed E-state index contributed by atoms with van der Waals surface area (Å²) >= 11 is 1.23. The number of thiazole rings is 1. The van der Waals surface area contributed by atoms with E-state index in [1.54, 1.807) is 18.2 Å². The molecule has 2 aliphatic rings. The molecule has 0 saturated heterocycles. The van der Waals surface area contributed by atoms with Crippen molar-refractivity contribution >= 4 is 34.0 Å². The van der Waals surface area contributed by atoms with E-state index >= 15 is 0 Å². The van der Waals surface area contributed by atoms with Crippen molar-refractivity contribution in [3.8, 4) is 11.5 Å². The van der Waals surface area contributed by atoms with Gasteiger partial charge in [-0.25, -0.2) is 9.78 Å². The van der Waals surface area contributed by atoms with Gasteiger partial charge in [-0.1, -0.05) is 11.3 Å². The van der Waals surface area contributed by atoms with Crippen molar-refractivity contribution in [3.05, 3.63) is 28.8 Å². The molecule has 0 fully saturated rings. The number of carbonyl (C=O) groups is 2. The van der Waals surface area contributed by atoms with Gasteiger partial charge < -0.3 is 14.8 Å². The number of fused-ring (bicyclic) bond motifs is 2. The summed E-state index contributed by atoms with van der Waals surface area (Å²) in [5.74, 6) is 1.35. The minimum atomic E-state index is -0.414. The highest BCUT2D eigenvalue weighted by Gasteiger charge is 2.23. The minimum Gasteiger partial charge on any atom is -0.454 e. The van der Waals surface area contributed by atoms with Gasteiger partial charge in [0.15, 0.2) is 22.4 Å². The van der Waals surface area contributed by atoms with E-state index in [9.17, 15) is 9.59 Å². The van der Waals surface area contributed by atoms with Crippen molar-refractivity contribution in [3.63, 3.8) is 0 Å². The molecule has 2 amide bonds. The predicted molar refractivity (Wildman–Crippen MR) is 84.6 cm³/mol. The Bertz CT molecular complexity index is 802. The van der Waals surface area contributed by atoms with Crippen LogP contribution in [0, 0.1) is 0 Å². The van der Waals surface area contributed by atoms with E-state index in [4.69, 9.17) is 9.47 Å². The smallest absolute Gasteiger partial charge is 0.325 e. The third-order valence-corrected chi connectivity index (χ3v) is 4.67. The van der Waals surface area contributed by atoms with Crippen molar-refractivity contribution < 1.29 is 19.1 Å². The number of ketones is 1. The molecule has 8 heteroatoms. The molecule has 0 saturated carbocycles. The van der Waals surface area contributed by atoms with Crippen LogP contribution in [-0.2, 0) is 6.42 Å². The molecule has 1 aromatic heterocycles. The number of benzene rings is 1. The molecule has 0 bridgehead atoms. The van der Waals surface area contributed by atoms with Crippen molar-refractivity contribution in [2.75, 3.05) is 17.4 Å². The molecule has 0 radical (unpaired) electrons. The molecule has 118 valence electrons. The van der Waals surface area contributed by atoms with Gasteiger partial charge in [-0.05, 0) is 25.0 Å². The Balaban J connectivity index is 1.45. The first-order valence-corrected chi connectivity index (χ1v) is 8.01. The van der Waals surface area contributed by atoms with Gasteiger partial charge in [0.1, 0.15) is 0 Å². The topological polar surface area (TPSA) is 89.6 Å². The number of ether oxygens (including phenoxy) is 2. The van der Waals surface area contributed by atoms with E-state index in [1.807, 2.05) is 0 Å². The number of amides is 2. The monoisotopic (exact) mass is 331 g/mol. The fraction of sp³-hybridized carbons (Fsp3) is 0.267. The van der Waals surface area contributed by atoms with E-state index in [2.05, 4.69) is 15.6 Å². The van der Waals surface area contributed by atoms with Crippen molar-refractivity contribution in [2.24, 2.45) is 0 Å². The lowest BCUT2D eigenvalue weighted by atomic mass is 10.0. The van der Waals surface area contributed by atoms with Gasteiger partial charge in [0, 0.05) is 18.2 Å². The lowest BCUT2D eigenvalue weighted by Crippen LogP contribution is -2.19. The molecule has 0 unspecified atom stereocenters. The van der Waals surface area contributed by atoms with Crippen molar-refractivity contribution in [1.29, 1.82) is 0 Å². The Morgan fingerprint density at radius 1 is 1.17 bits per heavy atom. The molecule has 0 atom stereocenters. The quantitative estimate of drug-likeness (QED) is 0.883. The maximum Gasteiger partial charge on any atom is 0.325 e. The maximum atomic E-state index is 12.1. The average Bonchev–Trinajstić information content (AvgIpc) is 3.13. The normalized spacial score (nSPS) is 15.2. The summed E-state index contributed by atoms with van der Waals surface area (Å²) in [6.45, 7) is 0.184.